The number of imidazole rings is 1. The number of amides is 1. The van der Waals surface area contributed by atoms with Gasteiger partial charge in [-0.15, -0.1) is 0 Å². The largest absolute Gasteiger partial charge is 0.417 e. The third-order valence-corrected chi connectivity index (χ3v) is 6.76. The number of carbonyl (C=O) groups is 1. The first kappa shape index (κ1) is 25.2. The van der Waals surface area contributed by atoms with Crippen LogP contribution in [0.15, 0.2) is 76.9 Å². The van der Waals surface area contributed by atoms with Crippen molar-refractivity contribution in [3.8, 4) is 0 Å². The van der Waals surface area contributed by atoms with Crippen LogP contribution in [-0.4, -0.2) is 28.7 Å². The van der Waals surface area contributed by atoms with Gasteiger partial charge in [-0.2, -0.15) is 26.3 Å². The first-order chi connectivity index (χ1) is 16.7. The quantitative estimate of drug-likeness (QED) is 0.385. The lowest BCUT2D eigenvalue weighted by atomic mass is 10.2. The molecule has 0 aliphatic carbocycles. The number of nitrogens with zero attached hydrogens (tertiary/aromatic N) is 3. The van der Waals surface area contributed by atoms with Gasteiger partial charge in [-0.1, -0.05) is 6.07 Å². The number of rotatable bonds is 5. The van der Waals surface area contributed by atoms with Gasteiger partial charge in [0.15, 0.2) is 0 Å². The highest BCUT2D eigenvalue weighted by atomic mass is 32.2. The Morgan fingerprint density at radius 2 is 1.58 bits per heavy atom. The molecule has 4 rings (SSSR count). The Bertz CT molecular complexity index is 1560. The first-order valence-corrected chi connectivity index (χ1v) is 11.4. The SMILES string of the molecule is O=C(NCc1cc(S(=O)(=O)c2cccc(C(F)(F)F)c2)ccn1)c1cn2cc(C(F)(F)F)ccc2n1. The summed E-state index contributed by atoms with van der Waals surface area (Å²) in [6.07, 6.45) is -6.31. The molecule has 0 saturated heterocycles. The number of carbonyl (C=O) groups excluding carboxylic acids is 1. The Morgan fingerprint density at radius 1 is 0.889 bits per heavy atom. The van der Waals surface area contributed by atoms with E-state index in [2.05, 4.69) is 15.3 Å². The first-order valence-electron chi connectivity index (χ1n) is 9.96. The van der Waals surface area contributed by atoms with Crippen LogP contribution in [0.3, 0.4) is 0 Å². The fraction of sp³-hybridized carbons (Fsp3) is 0.136. The minimum atomic E-state index is -4.73. The molecule has 3 heterocycles. The van der Waals surface area contributed by atoms with Crippen LogP contribution >= 0.6 is 0 Å². The molecule has 0 spiro atoms. The molecule has 1 amide bonds. The molecule has 14 heteroatoms. The normalized spacial score (nSPS) is 12.6. The van der Waals surface area contributed by atoms with Gasteiger partial charge in [-0.05, 0) is 42.5 Å². The van der Waals surface area contributed by atoms with Crippen molar-refractivity contribution in [2.75, 3.05) is 0 Å². The van der Waals surface area contributed by atoms with E-state index in [4.69, 9.17) is 0 Å². The van der Waals surface area contributed by atoms with Gasteiger partial charge in [-0.3, -0.25) is 9.78 Å². The predicted molar refractivity (Wildman–Crippen MR) is 112 cm³/mol. The van der Waals surface area contributed by atoms with E-state index in [1.807, 2.05) is 0 Å². The number of nitrogens with one attached hydrogen (secondary N) is 1. The van der Waals surface area contributed by atoms with E-state index in [1.54, 1.807) is 0 Å². The molecule has 7 nitrogen and oxygen atoms in total. The van der Waals surface area contributed by atoms with E-state index < -0.39 is 44.1 Å². The molecular formula is C22H14F6N4O3S. The van der Waals surface area contributed by atoms with Crippen molar-refractivity contribution in [1.29, 1.82) is 0 Å². The van der Waals surface area contributed by atoms with Gasteiger partial charge in [0.1, 0.15) is 11.3 Å². The van der Waals surface area contributed by atoms with Gasteiger partial charge in [-0.25, -0.2) is 13.4 Å². The fourth-order valence-corrected chi connectivity index (χ4v) is 4.57. The number of pyridine rings is 2. The summed E-state index contributed by atoms with van der Waals surface area (Å²) in [5.74, 6) is -0.764. The number of fused-ring (bicyclic) bond motifs is 1. The van der Waals surface area contributed by atoms with E-state index in [-0.39, 0.29) is 28.5 Å². The summed E-state index contributed by atoms with van der Waals surface area (Å²) in [5, 5.41) is 2.43. The van der Waals surface area contributed by atoms with E-state index >= 15 is 0 Å². The van der Waals surface area contributed by atoms with Gasteiger partial charge in [0.05, 0.1) is 33.2 Å². The minimum absolute atomic E-state index is 0.0690. The highest BCUT2D eigenvalue weighted by Crippen LogP contribution is 2.32. The van der Waals surface area contributed by atoms with Crippen molar-refractivity contribution in [2.45, 2.75) is 28.7 Å². The maximum absolute atomic E-state index is 13.0. The number of hydrogen-bond acceptors (Lipinski definition) is 5. The van der Waals surface area contributed by atoms with Gasteiger partial charge < -0.3 is 9.72 Å². The molecule has 0 aliphatic heterocycles. The van der Waals surface area contributed by atoms with Crippen LogP contribution in [0, 0.1) is 0 Å². The summed E-state index contributed by atoms with van der Waals surface area (Å²) in [5.41, 5.74) is -2.08. The number of hydrogen-bond donors (Lipinski definition) is 1. The third kappa shape index (κ3) is 5.17. The minimum Gasteiger partial charge on any atom is -0.345 e. The molecule has 36 heavy (non-hydrogen) atoms. The average Bonchev–Trinajstić information content (AvgIpc) is 3.25. The maximum Gasteiger partial charge on any atom is 0.417 e. The van der Waals surface area contributed by atoms with Gasteiger partial charge in [0.2, 0.25) is 9.84 Å². The second kappa shape index (κ2) is 8.93. The Labute approximate surface area is 199 Å². The van der Waals surface area contributed by atoms with Crippen LogP contribution in [0.1, 0.15) is 27.3 Å². The monoisotopic (exact) mass is 528 g/mol. The Kier molecular flexibility index (Phi) is 6.24. The predicted octanol–water partition coefficient (Wildman–Crippen LogP) is 4.53. The molecule has 0 bridgehead atoms. The molecular weight excluding hydrogens is 514 g/mol. The zero-order valence-corrected chi connectivity index (χ0v) is 18.6. The molecule has 0 aliphatic rings. The lowest BCUT2D eigenvalue weighted by molar-refractivity contribution is -0.138. The summed E-state index contributed by atoms with van der Waals surface area (Å²) >= 11 is 0. The van der Waals surface area contributed by atoms with Crippen molar-refractivity contribution < 1.29 is 39.6 Å². The summed E-state index contributed by atoms with van der Waals surface area (Å²) in [6, 6.07) is 7.38. The maximum atomic E-state index is 13.0. The molecule has 188 valence electrons. The molecule has 0 radical (unpaired) electrons. The topological polar surface area (TPSA) is 93.4 Å². The highest BCUT2D eigenvalue weighted by Gasteiger charge is 2.32. The number of benzene rings is 1. The number of alkyl halides is 6. The van der Waals surface area contributed by atoms with Crippen LogP contribution < -0.4 is 5.32 Å². The Hall–Kier alpha value is -3.94. The van der Waals surface area contributed by atoms with Crippen molar-refractivity contribution in [3.05, 3.63) is 89.6 Å². The second-order valence-electron chi connectivity index (χ2n) is 7.50. The zero-order chi connectivity index (χ0) is 26.3. The Balaban J connectivity index is 1.52. The van der Waals surface area contributed by atoms with Gasteiger partial charge >= 0.3 is 12.4 Å². The van der Waals surface area contributed by atoms with E-state index in [9.17, 15) is 39.6 Å². The molecule has 3 aromatic heterocycles. The van der Waals surface area contributed by atoms with E-state index in [0.717, 1.165) is 65.5 Å². The summed E-state index contributed by atoms with van der Waals surface area (Å²) in [4.78, 5) is 19.4. The summed E-state index contributed by atoms with van der Waals surface area (Å²) in [6.45, 7) is -0.285. The van der Waals surface area contributed by atoms with E-state index in [1.165, 1.54) is 0 Å². The molecule has 1 aromatic carbocycles. The lowest BCUT2D eigenvalue weighted by Crippen LogP contribution is -2.23. The van der Waals surface area contributed by atoms with Crippen LogP contribution in [-0.2, 0) is 28.7 Å². The van der Waals surface area contributed by atoms with Crippen LogP contribution in [0.25, 0.3) is 5.65 Å². The van der Waals surface area contributed by atoms with Crippen LogP contribution in [0.4, 0.5) is 26.3 Å². The van der Waals surface area contributed by atoms with Crippen molar-refractivity contribution in [1.82, 2.24) is 19.7 Å². The average molecular weight is 528 g/mol. The lowest BCUT2D eigenvalue weighted by Gasteiger charge is -2.10. The van der Waals surface area contributed by atoms with Crippen molar-refractivity contribution in [2.24, 2.45) is 0 Å². The number of halogens is 6. The number of sulfone groups is 1. The Morgan fingerprint density at radius 3 is 2.28 bits per heavy atom. The summed E-state index contributed by atoms with van der Waals surface area (Å²) in [7, 11) is -4.33. The van der Waals surface area contributed by atoms with E-state index in [0.29, 0.717) is 6.07 Å². The molecule has 0 saturated carbocycles. The molecule has 4 aromatic rings. The molecule has 0 fully saturated rings. The highest BCUT2D eigenvalue weighted by molar-refractivity contribution is 7.91. The second-order valence-corrected chi connectivity index (χ2v) is 9.45. The molecule has 1 N–H and O–H groups in total. The fourth-order valence-electron chi connectivity index (χ4n) is 3.23. The third-order valence-electron chi connectivity index (χ3n) is 5.01. The van der Waals surface area contributed by atoms with Gasteiger partial charge in [0.25, 0.3) is 5.91 Å². The van der Waals surface area contributed by atoms with Gasteiger partial charge in [0, 0.05) is 18.6 Å². The van der Waals surface area contributed by atoms with Crippen molar-refractivity contribution >= 4 is 21.4 Å². The van der Waals surface area contributed by atoms with Crippen molar-refractivity contribution in [3.63, 3.8) is 0 Å². The van der Waals surface area contributed by atoms with Crippen LogP contribution in [0.5, 0.6) is 0 Å². The standard InChI is InChI=1S/C22H14F6N4O3S/c23-21(24,25)13-2-1-3-16(8-13)36(34,35)17-6-7-29-15(9-17)10-30-20(33)18-12-32-11-14(22(26,27)28)4-5-19(32)31-18/h1-9,11-12H,10H2,(H,30,33). The summed E-state index contributed by atoms with van der Waals surface area (Å²) < 4.78 is 104. The van der Waals surface area contributed by atoms with Crippen LogP contribution in [0.2, 0.25) is 0 Å². The smallest absolute Gasteiger partial charge is 0.345 e. The number of aromatic nitrogens is 3. The zero-order valence-electron chi connectivity index (χ0n) is 17.8. The molecule has 0 atom stereocenters. The molecule has 0 unspecified atom stereocenters.